The van der Waals surface area contributed by atoms with E-state index < -0.39 is 0 Å². The van der Waals surface area contributed by atoms with Crippen molar-refractivity contribution < 1.29 is 4.74 Å². The molecular weight excluding hydrogens is 276 g/mol. The van der Waals surface area contributed by atoms with Crippen LogP contribution in [-0.4, -0.2) is 60.0 Å². The highest BCUT2D eigenvalue weighted by Crippen LogP contribution is 2.33. The van der Waals surface area contributed by atoms with Crippen molar-refractivity contribution in [2.24, 2.45) is 5.92 Å². The van der Waals surface area contributed by atoms with Crippen molar-refractivity contribution in [2.45, 2.75) is 44.8 Å². The molecule has 3 aliphatic heterocycles. The molecule has 120 valence electrons. The van der Waals surface area contributed by atoms with E-state index in [1.54, 1.807) is 0 Å². The summed E-state index contributed by atoms with van der Waals surface area (Å²) in [6.45, 7) is 7.47. The lowest BCUT2D eigenvalue weighted by atomic mass is 9.84. The van der Waals surface area contributed by atoms with Crippen LogP contribution in [0.4, 0.5) is 5.82 Å². The smallest absolute Gasteiger partial charge is 0.151 e. The zero-order valence-corrected chi connectivity index (χ0v) is 13.4. The molecule has 0 bridgehead atoms. The highest BCUT2D eigenvalue weighted by molar-refractivity contribution is 5.39. The number of nitrogens with zero attached hydrogens (tertiary/aromatic N) is 4. The lowest BCUT2D eigenvalue weighted by Gasteiger charge is -2.49. The van der Waals surface area contributed by atoms with E-state index in [9.17, 15) is 0 Å². The fourth-order valence-corrected chi connectivity index (χ4v) is 4.32. The van der Waals surface area contributed by atoms with E-state index in [2.05, 4.69) is 32.1 Å². The molecule has 4 heterocycles. The summed E-state index contributed by atoms with van der Waals surface area (Å²) < 4.78 is 6.21. The van der Waals surface area contributed by atoms with Crippen LogP contribution in [0.3, 0.4) is 0 Å². The maximum Gasteiger partial charge on any atom is 0.151 e. The summed E-state index contributed by atoms with van der Waals surface area (Å²) in [5, 5.41) is 8.66. The third-order valence-corrected chi connectivity index (χ3v) is 5.45. The third kappa shape index (κ3) is 2.72. The fourth-order valence-electron chi connectivity index (χ4n) is 4.32. The van der Waals surface area contributed by atoms with Crippen molar-refractivity contribution in [3.8, 4) is 0 Å². The zero-order chi connectivity index (χ0) is 14.9. The molecule has 1 aromatic rings. The summed E-state index contributed by atoms with van der Waals surface area (Å²) in [5.74, 6) is 1.66. The molecule has 0 amide bonds. The molecule has 3 fully saturated rings. The van der Waals surface area contributed by atoms with Gasteiger partial charge in [0.2, 0.25) is 0 Å². The molecule has 5 heteroatoms. The summed E-state index contributed by atoms with van der Waals surface area (Å²) in [5.41, 5.74) is 0.982. The number of likely N-dealkylation sites (tertiary alicyclic amines) is 1. The van der Waals surface area contributed by atoms with Crippen molar-refractivity contribution in [1.82, 2.24) is 15.1 Å². The average Bonchev–Trinajstić information content (AvgIpc) is 3.09. The first-order valence-corrected chi connectivity index (χ1v) is 8.72. The van der Waals surface area contributed by atoms with E-state index in [4.69, 9.17) is 4.74 Å². The van der Waals surface area contributed by atoms with Crippen LogP contribution in [0, 0.1) is 12.8 Å². The van der Waals surface area contributed by atoms with Gasteiger partial charge in [0.25, 0.3) is 0 Å². The van der Waals surface area contributed by atoms with Crippen molar-refractivity contribution >= 4 is 5.82 Å². The van der Waals surface area contributed by atoms with Crippen molar-refractivity contribution in [2.75, 3.05) is 37.7 Å². The summed E-state index contributed by atoms with van der Waals surface area (Å²) >= 11 is 0. The summed E-state index contributed by atoms with van der Waals surface area (Å²) in [7, 11) is 0. The molecule has 0 N–H and O–H groups in total. The van der Waals surface area contributed by atoms with E-state index in [0.29, 0.717) is 18.1 Å². The molecule has 4 rings (SSSR count). The van der Waals surface area contributed by atoms with Gasteiger partial charge in [-0.25, -0.2) is 0 Å². The van der Waals surface area contributed by atoms with Gasteiger partial charge in [0.05, 0.1) is 17.8 Å². The first kappa shape index (κ1) is 14.4. The minimum absolute atomic E-state index is 0.418. The molecule has 22 heavy (non-hydrogen) atoms. The standard InChI is InChI=1S/C17H26N4O/c1-13-6-7-16(19-18-13)21-11-14-5-4-10-22-17(14)15(12-21)20-8-2-3-9-20/h6-7,14-15,17H,2-5,8-12H2,1H3/t14-,15+,17-/m0/s1. The Morgan fingerprint density at radius 1 is 1.09 bits per heavy atom. The number of aryl methyl sites for hydroxylation is 1. The number of hydrogen-bond acceptors (Lipinski definition) is 5. The second-order valence-electron chi connectivity index (χ2n) is 6.99. The van der Waals surface area contributed by atoms with E-state index in [1.807, 2.05) is 6.92 Å². The van der Waals surface area contributed by atoms with Gasteiger partial charge in [-0.1, -0.05) is 0 Å². The molecular formula is C17H26N4O. The quantitative estimate of drug-likeness (QED) is 0.834. The van der Waals surface area contributed by atoms with Gasteiger partial charge < -0.3 is 9.64 Å². The lowest BCUT2D eigenvalue weighted by molar-refractivity contribution is -0.0791. The normalized spacial score (nSPS) is 33.0. The minimum atomic E-state index is 0.418. The van der Waals surface area contributed by atoms with Crippen molar-refractivity contribution in [3.05, 3.63) is 17.8 Å². The Kier molecular flexibility index (Phi) is 4.01. The third-order valence-electron chi connectivity index (χ3n) is 5.45. The molecule has 3 atom stereocenters. The van der Waals surface area contributed by atoms with Gasteiger partial charge >= 0.3 is 0 Å². The first-order valence-electron chi connectivity index (χ1n) is 8.72. The largest absolute Gasteiger partial charge is 0.376 e. The Hall–Kier alpha value is -1.20. The predicted octanol–water partition coefficient (Wildman–Crippen LogP) is 1.86. The molecule has 5 nitrogen and oxygen atoms in total. The molecule has 0 aromatic carbocycles. The summed E-state index contributed by atoms with van der Waals surface area (Å²) in [6.07, 6.45) is 5.56. The Morgan fingerprint density at radius 3 is 2.73 bits per heavy atom. The predicted molar refractivity (Wildman–Crippen MR) is 86.0 cm³/mol. The van der Waals surface area contributed by atoms with Crippen LogP contribution in [0.5, 0.6) is 0 Å². The highest BCUT2D eigenvalue weighted by atomic mass is 16.5. The monoisotopic (exact) mass is 302 g/mol. The maximum atomic E-state index is 6.21. The van der Waals surface area contributed by atoms with Gasteiger partial charge in [0.1, 0.15) is 0 Å². The summed E-state index contributed by atoms with van der Waals surface area (Å²) in [6, 6.07) is 4.70. The first-order chi connectivity index (χ1) is 10.8. The van der Waals surface area contributed by atoms with Crippen molar-refractivity contribution in [1.29, 1.82) is 0 Å². The molecule has 3 aliphatic rings. The van der Waals surface area contributed by atoms with Crippen LogP contribution >= 0.6 is 0 Å². The number of fused-ring (bicyclic) bond motifs is 1. The number of anilines is 1. The Morgan fingerprint density at radius 2 is 1.95 bits per heavy atom. The average molecular weight is 302 g/mol. The van der Waals surface area contributed by atoms with Gasteiger partial charge in [-0.2, -0.15) is 5.10 Å². The van der Waals surface area contributed by atoms with Gasteiger partial charge in [-0.05, 0) is 57.8 Å². The Bertz CT molecular complexity index is 500. The molecule has 0 aliphatic carbocycles. The van der Waals surface area contributed by atoms with E-state index in [0.717, 1.165) is 31.2 Å². The zero-order valence-electron chi connectivity index (χ0n) is 13.4. The molecule has 0 radical (unpaired) electrons. The SMILES string of the molecule is Cc1ccc(N2C[C@@H]3CCCO[C@@H]3[C@H](N3CCCC3)C2)nn1. The number of ether oxygens (including phenoxy) is 1. The van der Waals surface area contributed by atoms with E-state index in [1.165, 1.54) is 38.8 Å². The second-order valence-corrected chi connectivity index (χ2v) is 6.99. The molecule has 0 spiro atoms. The molecule has 1 aromatic heterocycles. The van der Waals surface area contributed by atoms with Crippen LogP contribution in [-0.2, 0) is 4.74 Å². The van der Waals surface area contributed by atoms with E-state index in [-0.39, 0.29) is 0 Å². The minimum Gasteiger partial charge on any atom is -0.376 e. The highest BCUT2D eigenvalue weighted by Gasteiger charge is 2.42. The van der Waals surface area contributed by atoms with Crippen LogP contribution in [0.2, 0.25) is 0 Å². The number of hydrogen-bond donors (Lipinski definition) is 0. The summed E-state index contributed by atoms with van der Waals surface area (Å²) in [4.78, 5) is 5.09. The van der Waals surface area contributed by atoms with Crippen LogP contribution in [0.1, 0.15) is 31.4 Å². The van der Waals surface area contributed by atoms with Gasteiger partial charge in [0, 0.05) is 25.6 Å². The van der Waals surface area contributed by atoms with Gasteiger partial charge in [0.15, 0.2) is 5.82 Å². The van der Waals surface area contributed by atoms with Gasteiger partial charge in [-0.3, -0.25) is 4.90 Å². The Labute approximate surface area is 132 Å². The van der Waals surface area contributed by atoms with E-state index >= 15 is 0 Å². The van der Waals surface area contributed by atoms with Crippen LogP contribution in [0.25, 0.3) is 0 Å². The maximum absolute atomic E-state index is 6.21. The van der Waals surface area contributed by atoms with Crippen molar-refractivity contribution in [3.63, 3.8) is 0 Å². The fraction of sp³-hybridized carbons (Fsp3) is 0.765. The molecule has 3 saturated heterocycles. The second kappa shape index (κ2) is 6.13. The number of aromatic nitrogens is 2. The lowest BCUT2D eigenvalue weighted by Crippen LogP contribution is -2.60. The van der Waals surface area contributed by atoms with Crippen LogP contribution in [0.15, 0.2) is 12.1 Å². The van der Waals surface area contributed by atoms with Gasteiger partial charge in [-0.15, -0.1) is 5.10 Å². The number of piperidine rings is 1. The molecule has 0 unspecified atom stereocenters. The molecule has 0 saturated carbocycles. The number of rotatable bonds is 2. The Balaban J connectivity index is 1.57. The topological polar surface area (TPSA) is 41.5 Å². The van der Waals surface area contributed by atoms with Crippen LogP contribution < -0.4 is 4.90 Å².